The highest BCUT2D eigenvalue weighted by atomic mass is 16.4. The first-order chi connectivity index (χ1) is 5.43. The van der Waals surface area contributed by atoms with Crippen molar-refractivity contribution in [2.75, 3.05) is 0 Å². The van der Waals surface area contributed by atoms with Crippen LogP contribution in [-0.2, 0) is 9.59 Å². The maximum absolute atomic E-state index is 10.6. The molecule has 0 saturated carbocycles. The number of carboxylic acids is 1. The Morgan fingerprint density at radius 1 is 1.42 bits per heavy atom. The molecule has 0 aliphatic rings. The van der Waals surface area contributed by atoms with Crippen LogP contribution in [0.4, 0.5) is 0 Å². The van der Waals surface area contributed by atoms with E-state index < -0.39 is 5.97 Å². The summed E-state index contributed by atoms with van der Waals surface area (Å²) < 4.78 is 0. The second kappa shape index (κ2) is 4.74. The van der Waals surface area contributed by atoms with E-state index in [4.69, 9.17) is 5.11 Å². The average molecular weight is 173 g/mol. The van der Waals surface area contributed by atoms with Gasteiger partial charge in [-0.2, -0.15) is 0 Å². The predicted molar refractivity (Wildman–Crippen MR) is 44.7 cm³/mol. The summed E-state index contributed by atoms with van der Waals surface area (Å²) in [4.78, 5) is 21.0. The number of carbonyl (C=O) groups is 2. The highest BCUT2D eigenvalue weighted by Gasteiger charge is 2.17. The first-order valence-corrected chi connectivity index (χ1v) is 3.92. The molecule has 0 aromatic rings. The highest BCUT2D eigenvalue weighted by molar-refractivity contribution is 5.74. The van der Waals surface area contributed by atoms with Gasteiger partial charge >= 0.3 is 5.97 Å². The molecular weight excluding hydrogens is 158 g/mol. The number of rotatable bonds is 4. The summed E-state index contributed by atoms with van der Waals surface area (Å²) in [6, 6.07) is -0.264. The van der Waals surface area contributed by atoms with Gasteiger partial charge in [0.05, 0.1) is 6.42 Å². The van der Waals surface area contributed by atoms with Crippen molar-refractivity contribution < 1.29 is 14.7 Å². The molecule has 4 nitrogen and oxygen atoms in total. The fraction of sp³-hybridized carbons (Fsp3) is 0.750. The van der Waals surface area contributed by atoms with Crippen molar-refractivity contribution in [2.24, 2.45) is 5.92 Å². The molecule has 0 aromatic carbocycles. The molecule has 70 valence electrons. The molecule has 0 rings (SSSR count). The van der Waals surface area contributed by atoms with E-state index in [1.165, 1.54) is 6.92 Å². The molecule has 0 radical (unpaired) electrons. The van der Waals surface area contributed by atoms with Crippen molar-refractivity contribution in [1.29, 1.82) is 0 Å². The van der Waals surface area contributed by atoms with Gasteiger partial charge in [-0.15, -0.1) is 0 Å². The summed E-state index contributed by atoms with van der Waals surface area (Å²) in [5, 5.41) is 11.1. The van der Waals surface area contributed by atoms with Gasteiger partial charge in [-0.1, -0.05) is 13.8 Å². The Labute approximate surface area is 72.0 Å². The van der Waals surface area contributed by atoms with Gasteiger partial charge in [-0.05, 0) is 5.92 Å². The van der Waals surface area contributed by atoms with Crippen LogP contribution in [0.2, 0.25) is 0 Å². The number of aliphatic carboxylic acids is 1. The number of carbonyl (C=O) groups excluding carboxylic acids is 1. The van der Waals surface area contributed by atoms with Gasteiger partial charge in [-0.25, -0.2) is 0 Å². The van der Waals surface area contributed by atoms with Gasteiger partial charge in [0, 0.05) is 13.0 Å². The number of hydrogen-bond donors (Lipinski definition) is 2. The molecular formula is C8H15NO3. The lowest BCUT2D eigenvalue weighted by Gasteiger charge is -2.19. The standard InChI is InChI=1S/C8H15NO3/c1-5(2)7(4-8(11)12)9-6(3)10/h5,7H,4H2,1-3H3,(H,9,10)(H,11,12). The fourth-order valence-corrected chi connectivity index (χ4v) is 0.903. The van der Waals surface area contributed by atoms with E-state index in [0.29, 0.717) is 0 Å². The second-order valence-corrected chi connectivity index (χ2v) is 3.15. The summed E-state index contributed by atoms with van der Waals surface area (Å²) in [6.07, 6.45) is -0.0166. The van der Waals surface area contributed by atoms with Crippen molar-refractivity contribution in [2.45, 2.75) is 33.2 Å². The molecule has 0 aromatic heterocycles. The van der Waals surface area contributed by atoms with Gasteiger partial charge in [0.25, 0.3) is 0 Å². The quantitative estimate of drug-likeness (QED) is 0.655. The molecule has 0 aliphatic carbocycles. The third kappa shape index (κ3) is 4.71. The summed E-state index contributed by atoms with van der Waals surface area (Å²) in [5.74, 6) is -0.928. The van der Waals surface area contributed by atoms with Crippen molar-refractivity contribution in [3.8, 4) is 0 Å². The number of hydrogen-bond acceptors (Lipinski definition) is 2. The van der Waals surface area contributed by atoms with E-state index in [1.807, 2.05) is 13.8 Å². The zero-order valence-corrected chi connectivity index (χ0v) is 7.63. The summed E-state index contributed by atoms with van der Waals surface area (Å²) >= 11 is 0. The van der Waals surface area contributed by atoms with Gasteiger partial charge < -0.3 is 10.4 Å². The Hall–Kier alpha value is -1.06. The smallest absolute Gasteiger partial charge is 0.305 e. The van der Waals surface area contributed by atoms with E-state index in [1.54, 1.807) is 0 Å². The molecule has 1 unspecified atom stereocenters. The molecule has 0 bridgehead atoms. The second-order valence-electron chi connectivity index (χ2n) is 3.15. The van der Waals surface area contributed by atoms with Crippen LogP contribution in [0.25, 0.3) is 0 Å². The number of carboxylic acid groups (broad SMARTS) is 1. The van der Waals surface area contributed by atoms with Crippen molar-refractivity contribution in [3.05, 3.63) is 0 Å². The molecule has 2 N–H and O–H groups in total. The third-order valence-electron chi connectivity index (χ3n) is 1.59. The lowest BCUT2D eigenvalue weighted by atomic mass is 10.0. The molecule has 12 heavy (non-hydrogen) atoms. The highest BCUT2D eigenvalue weighted by Crippen LogP contribution is 2.05. The van der Waals surface area contributed by atoms with Crippen LogP contribution >= 0.6 is 0 Å². The normalized spacial score (nSPS) is 12.7. The lowest BCUT2D eigenvalue weighted by Crippen LogP contribution is -2.38. The summed E-state index contributed by atoms with van der Waals surface area (Å²) in [5.41, 5.74) is 0. The van der Waals surface area contributed by atoms with E-state index in [2.05, 4.69) is 5.32 Å². The number of nitrogens with one attached hydrogen (secondary N) is 1. The Morgan fingerprint density at radius 2 is 1.92 bits per heavy atom. The van der Waals surface area contributed by atoms with Crippen LogP contribution in [0, 0.1) is 5.92 Å². The molecule has 1 amide bonds. The summed E-state index contributed by atoms with van der Waals surface area (Å²) in [7, 11) is 0. The Morgan fingerprint density at radius 3 is 2.17 bits per heavy atom. The van der Waals surface area contributed by atoms with E-state index in [9.17, 15) is 9.59 Å². The largest absolute Gasteiger partial charge is 0.481 e. The third-order valence-corrected chi connectivity index (χ3v) is 1.59. The minimum absolute atomic E-state index is 0.0166. The zero-order chi connectivity index (χ0) is 9.72. The Balaban J connectivity index is 4.04. The first-order valence-electron chi connectivity index (χ1n) is 3.92. The Kier molecular flexibility index (Phi) is 4.33. The maximum atomic E-state index is 10.6. The maximum Gasteiger partial charge on any atom is 0.305 e. The minimum atomic E-state index is -0.887. The molecule has 1 atom stereocenters. The topological polar surface area (TPSA) is 66.4 Å². The fourth-order valence-electron chi connectivity index (χ4n) is 0.903. The molecule has 0 spiro atoms. The van der Waals surface area contributed by atoms with E-state index >= 15 is 0 Å². The molecule has 0 aliphatic heterocycles. The van der Waals surface area contributed by atoms with Crippen LogP contribution in [0.5, 0.6) is 0 Å². The van der Waals surface area contributed by atoms with E-state index in [0.717, 1.165) is 0 Å². The van der Waals surface area contributed by atoms with Crippen LogP contribution in [0.1, 0.15) is 27.2 Å². The zero-order valence-electron chi connectivity index (χ0n) is 7.63. The van der Waals surface area contributed by atoms with Crippen LogP contribution in [-0.4, -0.2) is 23.0 Å². The van der Waals surface area contributed by atoms with Crippen LogP contribution < -0.4 is 5.32 Å². The van der Waals surface area contributed by atoms with Gasteiger partial charge in [-0.3, -0.25) is 9.59 Å². The van der Waals surface area contributed by atoms with Crippen molar-refractivity contribution >= 4 is 11.9 Å². The molecule has 0 heterocycles. The lowest BCUT2D eigenvalue weighted by molar-refractivity contribution is -0.138. The van der Waals surface area contributed by atoms with Gasteiger partial charge in [0.2, 0.25) is 5.91 Å². The van der Waals surface area contributed by atoms with Gasteiger partial charge in [0.1, 0.15) is 0 Å². The average Bonchev–Trinajstić information content (AvgIpc) is 1.83. The van der Waals surface area contributed by atoms with E-state index in [-0.39, 0.29) is 24.3 Å². The first kappa shape index (κ1) is 10.9. The van der Waals surface area contributed by atoms with Crippen LogP contribution in [0.15, 0.2) is 0 Å². The predicted octanol–water partition coefficient (Wildman–Crippen LogP) is 0.622. The minimum Gasteiger partial charge on any atom is -0.481 e. The van der Waals surface area contributed by atoms with Gasteiger partial charge in [0.15, 0.2) is 0 Å². The summed E-state index contributed by atoms with van der Waals surface area (Å²) in [6.45, 7) is 5.14. The van der Waals surface area contributed by atoms with Crippen molar-refractivity contribution in [3.63, 3.8) is 0 Å². The monoisotopic (exact) mass is 173 g/mol. The Bertz CT molecular complexity index is 161. The van der Waals surface area contributed by atoms with Crippen molar-refractivity contribution in [1.82, 2.24) is 5.32 Å². The van der Waals surface area contributed by atoms with Crippen LogP contribution in [0.3, 0.4) is 0 Å². The molecule has 0 fully saturated rings. The molecule has 0 saturated heterocycles. The SMILES string of the molecule is CC(=O)NC(CC(=O)O)C(C)C. The molecule has 4 heteroatoms. The number of amides is 1.